The Labute approximate surface area is 242 Å². The number of hydrogen-bond donors (Lipinski definition) is 3. The van der Waals surface area contributed by atoms with Crippen molar-refractivity contribution in [2.75, 3.05) is 16.0 Å². The van der Waals surface area contributed by atoms with Gasteiger partial charge in [-0.2, -0.15) is 18.3 Å². The van der Waals surface area contributed by atoms with Gasteiger partial charge in [0, 0.05) is 35.7 Å². The van der Waals surface area contributed by atoms with Crippen LogP contribution in [0.25, 0.3) is 5.69 Å². The second-order valence-electron chi connectivity index (χ2n) is 10.7. The molecule has 14 heteroatoms. The van der Waals surface area contributed by atoms with Gasteiger partial charge in [0.05, 0.1) is 16.9 Å². The molecule has 5 rings (SSSR count). The van der Waals surface area contributed by atoms with Crippen molar-refractivity contribution in [3.05, 3.63) is 83.2 Å². The zero-order valence-corrected chi connectivity index (χ0v) is 23.1. The molecule has 4 aromatic rings. The van der Waals surface area contributed by atoms with Crippen molar-refractivity contribution >= 4 is 29.3 Å². The summed E-state index contributed by atoms with van der Waals surface area (Å²) in [5, 5.41) is 11.5. The predicted octanol–water partition coefficient (Wildman–Crippen LogP) is 7.18. The van der Waals surface area contributed by atoms with Crippen LogP contribution in [0.3, 0.4) is 0 Å². The number of nitrogens with zero attached hydrogens (tertiary/aromatic N) is 3. The Morgan fingerprint density at radius 3 is 2.47 bits per heavy atom. The van der Waals surface area contributed by atoms with Crippen LogP contribution >= 0.6 is 0 Å². The van der Waals surface area contributed by atoms with Gasteiger partial charge in [0.2, 0.25) is 5.91 Å². The quantitative estimate of drug-likeness (QED) is 0.210. The van der Waals surface area contributed by atoms with Crippen LogP contribution in [-0.4, -0.2) is 26.7 Å². The smallest absolute Gasteiger partial charge is 0.418 e. The van der Waals surface area contributed by atoms with E-state index in [-0.39, 0.29) is 41.2 Å². The van der Waals surface area contributed by atoms with Crippen molar-refractivity contribution in [2.24, 2.45) is 0 Å². The summed E-state index contributed by atoms with van der Waals surface area (Å²) >= 11 is 0. The number of fused-ring (bicyclic) bond motifs is 1. The van der Waals surface area contributed by atoms with Crippen molar-refractivity contribution in [1.29, 1.82) is 0 Å². The average Bonchev–Trinajstić information content (AvgIpc) is 3.33. The zero-order chi connectivity index (χ0) is 31.1. The summed E-state index contributed by atoms with van der Waals surface area (Å²) < 4.78 is 77.1. The van der Waals surface area contributed by atoms with Crippen LogP contribution in [0.4, 0.5) is 44.1 Å². The van der Waals surface area contributed by atoms with Crippen molar-refractivity contribution in [3.63, 3.8) is 0 Å². The topological polar surface area (TPSA) is 110 Å². The standard InChI is InChI=1S/C29H25F5N6O3/c1-28(2,3)23-14-24(40(39-23)21-8-4-15(30)12-19(21)31)37-27(42)36-20-7-5-16(13-18(20)29(32,33)34)43-22-10-11-35-26-17(22)6-9-25(41)38-26/h4-5,7-8,10-14H,6,9H2,1-3H3,(H,35,38,41)(H2,36,37,42). The molecule has 0 aliphatic carbocycles. The molecule has 0 bridgehead atoms. The maximum Gasteiger partial charge on any atom is 0.418 e. The molecule has 0 saturated carbocycles. The number of rotatable bonds is 5. The molecule has 1 aliphatic rings. The fourth-order valence-corrected chi connectivity index (χ4v) is 4.35. The van der Waals surface area contributed by atoms with Gasteiger partial charge in [-0.25, -0.2) is 23.2 Å². The first-order valence-corrected chi connectivity index (χ1v) is 13.0. The molecule has 3 heterocycles. The highest BCUT2D eigenvalue weighted by atomic mass is 19.4. The van der Waals surface area contributed by atoms with Crippen molar-refractivity contribution in [3.8, 4) is 17.2 Å². The lowest BCUT2D eigenvalue weighted by molar-refractivity contribution is -0.137. The number of amides is 3. The molecular weight excluding hydrogens is 575 g/mol. The second kappa shape index (κ2) is 11.0. The van der Waals surface area contributed by atoms with Gasteiger partial charge in [0.15, 0.2) is 5.82 Å². The second-order valence-corrected chi connectivity index (χ2v) is 10.7. The summed E-state index contributed by atoms with van der Waals surface area (Å²) in [6.45, 7) is 5.46. The molecule has 0 saturated heterocycles. The minimum Gasteiger partial charge on any atom is -0.457 e. The lowest BCUT2D eigenvalue weighted by atomic mass is 9.92. The minimum atomic E-state index is -4.88. The fraction of sp³-hybridized carbons (Fsp3) is 0.241. The van der Waals surface area contributed by atoms with E-state index in [1.807, 2.05) is 20.8 Å². The Morgan fingerprint density at radius 1 is 1.00 bits per heavy atom. The van der Waals surface area contributed by atoms with Crippen LogP contribution in [0.2, 0.25) is 0 Å². The van der Waals surface area contributed by atoms with Gasteiger partial charge in [0.25, 0.3) is 0 Å². The highest BCUT2D eigenvalue weighted by Crippen LogP contribution is 2.40. The zero-order valence-electron chi connectivity index (χ0n) is 23.1. The fourth-order valence-electron chi connectivity index (χ4n) is 4.35. The van der Waals surface area contributed by atoms with E-state index < -0.39 is 40.5 Å². The van der Waals surface area contributed by atoms with Crippen LogP contribution in [0.15, 0.2) is 54.7 Å². The third-order valence-electron chi connectivity index (χ3n) is 6.50. The molecule has 0 radical (unpaired) electrons. The Morgan fingerprint density at radius 2 is 1.77 bits per heavy atom. The monoisotopic (exact) mass is 600 g/mol. The number of hydrogen-bond acceptors (Lipinski definition) is 5. The summed E-state index contributed by atoms with van der Waals surface area (Å²) in [4.78, 5) is 28.7. The van der Waals surface area contributed by atoms with E-state index in [0.717, 1.165) is 28.9 Å². The van der Waals surface area contributed by atoms with Crippen LogP contribution in [0, 0.1) is 11.6 Å². The number of urea groups is 1. The predicted molar refractivity (Wildman–Crippen MR) is 148 cm³/mol. The Kier molecular flexibility index (Phi) is 7.54. The molecule has 9 nitrogen and oxygen atoms in total. The largest absolute Gasteiger partial charge is 0.457 e. The number of anilines is 3. The first-order valence-electron chi connectivity index (χ1n) is 13.0. The van der Waals surface area contributed by atoms with Crippen LogP contribution in [0.1, 0.15) is 44.0 Å². The van der Waals surface area contributed by atoms with Crippen LogP contribution in [-0.2, 0) is 22.8 Å². The van der Waals surface area contributed by atoms with E-state index in [2.05, 4.69) is 26.0 Å². The average molecular weight is 601 g/mol. The lowest BCUT2D eigenvalue weighted by Crippen LogP contribution is -2.23. The molecular formula is C29H25F5N6O3. The number of ether oxygens (including phenoxy) is 1. The van der Waals surface area contributed by atoms with Crippen LogP contribution < -0.4 is 20.7 Å². The van der Waals surface area contributed by atoms with Crippen molar-refractivity contribution in [2.45, 2.75) is 45.2 Å². The Hall–Kier alpha value is -5.01. The van der Waals surface area contributed by atoms with E-state index in [4.69, 9.17) is 4.74 Å². The Balaban J connectivity index is 1.42. The van der Waals surface area contributed by atoms with E-state index >= 15 is 0 Å². The van der Waals surface area contributed by atoms with E-state index in [9.17, 15) is 31.5 Å². The van der Waals surface area contributed by atoms with E-state index in [1.165, 1.54) is 24.4 Å². The number of pyridine rings is 1. The highest BCUT2D eigenvalue weighted by molar-refractivity contribution is 6.00. The molecule has 3 amide bonds. The number of benzene rings is 2. The lowest BCUT2D eigenvalue weighted by Gasteiger charge is -2.20. The molecule has 1 aliphatic heterocycles. The third-order valence-corrected chi connectivity index (χ3v) is 6.50. The SMILES string of the molecule is CC(C)(C)c1cc(NC(=O)Nc2ccc(Oc3ccnc4c3CCC(=O)N4)cc2C(F)(F)F)n(-c2ccc(F)cc2F)n1. The summed E-state index contributed by atoms with van der Waals surface area (Å²) in [6, 6.07) is 7.65. The van der Waals surface area contributed by atoms with E-state index in [0.29, 0.717) is 23.7 Å². The van der Waals surface area contributed by atoms with Gasteiger partial charge < -0.3 is 15.4 Å². The van der Waals surface area contributed by atoms with Crippen molar-refractivity contribution < 1.29 is 36.3 Å². The third kappa shape index (κ3) is 6.42. The number of nitrogens with one attached hydrogen (secondary N) is 3. The number of aromatic nitrogens is 3. The van der Waals surface area contributed by atoms with Gasteiger partial charge in [-0.05, 0) is 42.8 Å². The molecule has 224 valence electrons. The molecule has 0 spiro atoms. The summed E-state index contributed by atoms with van der Waals surface area (Å²) in [5.74, 6) is -1.73. The van der Waals surface area contributed by atoms with Gasteiger partial charge in [-0.15, -0.1) is 0 Å². The van der Waals surface area contributed by atoms with Gasteiger partial charge in [-0.3, -0.25) is 10.1 Å². The number of carbonyl (C=O) groups excluding carboxylic acids is 2. The molecule has 2 aromatic carbocycles. The summed E-state index contributed by atoms with van der Waals surface area (Å²) in [6.07, 6.45) is -3.05. The molecule has 0 atom stereocenters. The first kappa shape index (κ1) is 29.5. The number of alkyl halides is 3. The number of carbonyl (C=O) groups is 2. The maximum absolute atomic E-state index is 14.6. The van der Waals surface area contributed by atoms with Gasteiger partial charge in [-0.1, -0.05) is 20.8 Å². The summed E-state index contributed by atoms with van der Waals surface area (Å²) in [5.41, 5.74) is -1.51. The highest BCUT2D eigenvalue weighted by Gasteiger charge is 2.35. The van der Waals surface area contributed by atoms with Crippen LogP contribution in [0.5, 0.6) is 11.5 Å². The minimum absolute atomic E-state index is 0.0593. The normalized spacial score (nSPS) is 13.3. The first-order chi connectivity index (χ1) is 20.2. The molecule has 2 aromatic heterocycles. The number of halogens is 5. The maximum atomic E-state index is 14.6. The Bertz CT molecular complexity index is 1730. The molecule has 43 heavy (non-hydrogen) atoms. The molecule has 0 fully saturated rings. The van der Waals surface area contributed by atoms with Crippen molar-refractivity contribution in [1.82, 2.24) is 14.8 Å². The molecule has 0 unspecified atom stereocenters. The van der Waals surface area contributed by atoms with Gasteiger partial charge >= 0.3 is 12.2 Å². The molecule has 3 N–H and O–H groups in total. The van der Waals surface area contributed by atoms with E-state index in [1.54, 1.807) is 0 Å². The van der Waals surface area contributed by atoms with Gasteiger partial charge in [0.1, 0.15) is 34.6 Å². The summed E-state index contributed by atoms with van der Waals surface area (Å²) in [7, 11) is 0.